The van der Waals surface area contributed by atoms with Crippen LogP contribution in [-0.2, 0) is 4.79 Å². The Morgan fingerprint density at radius 1 is 1.22 bits per heavy atom. The van der Waals surface area contributed by atoms with E-state index in [1.54, 1.807) is 12.1 Å². The number of hydrogen-bond acceptors (Lipinski definition) is 4. The Bertz CT molecular complexity index is 566. The van der Waals surface area contributed by atoms with Crippen molar-refractivity contribution in [2.75, 3.05) is 43.4 Å². The Labute approximate surface area is 137 Å². The molecule has 23 heavy (non-hydrogen) atoms. The van der Waals surface area contributed by atoms with E-state index in [4.69, 9.17) is 0 Å². The maximum absolute atomic E-state index is 11.8. The number of nitrogens with one attached hydrogen (secondary N) is 1. The molecule has 1 saturated heterocycles. The van der Waals surface area contributed by atoms with Gasteiger partial charge in [-0.15, -0.1) is 0 Å². The van der Waals surface area contributed by atoms with Gasteiger partial charge < -0.3 is 20.2 Å². The number of piperazine rings is 1. The molecule has 0 radical (unpaired) electrons. The molecule has 2 rings (SSSR count). The molecule has 0 spiro atoms. The highest BCUT2D eigenvalue weighted by Crippen LogP contribution is 2.24. The van der Waals surface area contributed by atoms with Crippen molar-refractivity contribution < 1.29 is 14.7 Å². The summed E-state index contributed by atoms with van der Waals surface area (Å²) in [5, 5.41) is 12.2. The van der Waals surface area contributed by atoms with Crippen LogP contribution in [-0.4, -0.2) is 55.1 Å². The Morgan fingerprint density at radius 2 is 1.91 bits per heavy atom. The summed E-state index contributed by atoms with van der Waals surface area (Å²) in [7, 11) is 2.08. The van der Waals surface area contributed by atoms with Crippen molar-refractivity contribution in [2.24, 2.45) is 0 Å². The molecule has 1 aliphatic heterocycles. The van der Waals surface area contributed by atoms with Crippen LogP contribution in [0.25, 0.3) is 0 Å². The lowest BCUT2D eigenvalue weighted by molar-refractivity contribution is -0.116. The molecule has 1 heterocycles. The number of nitrogens with zero attached hydrogens (tertiary/aromatic N) is 2. The minimum absolute atomic E-state index is 0.137. The summed E-state index contributed by atoms with van der Waals surface area (Å²) in [6.45, 7) is 5.67. The largest absolute Gasteiger partial charge is 0.478 e. The summed E-state index contributed by atoms with van der Waals surface area (Å²) in [6.07, 6.45) is 2.14. The fourth-order valence-corrected chi connectivity index (χ4v) is 2.63. The van der Waals surface area contributed by atoms with Gasteiger partial charge in [0, 0.05) is 38.3 Å². The number of hydrogen-bond donors (Lipinski definition) is 2. The van der Waals surface area contributed by atoms with Crippen LogP contribution in [0.15, 0.2) is 18.2 Å². The van der Waals surface area contributed by atoms with E-state index in [1.807, 2.05) is 13.0 Å². The van der Waals surface area contributed by atoms with E-state index < -0.39 is 5.97 Å². The number of benzene rings is 1. The van der Waals surface area contributed by atoms with E-state index in [2.05, 4.69) is 22.2 Å². The second kappa shape index (κ2) is 7.97. The molecule has 0 bridgehead atoms. The van der Waals surface area contributed by atoms with Gasteiger partial charge in [0.15, 0.2) is 0 Å². The number of rotatable bonds is 6. The number of carboxylic acids is 1. The second-order valence-electron chi connectivity index (χ2n) is 5.98. The van der Waals surface area contributed by atoms with Crippen LogP contribution >= 0.6 is 0 Å². The minimum atomic E-state index is -1.02. The highest BCUT2D eigenvalue weighted by atomic mass is 16.4. The van der Waals surface area contributed by atoms with Gasteiger partial charge in [-0.05, 0) is 31.7 Å². The van der Waals surface area contributed by atoms with Crippen molar-refractivity contribution in [3.63, 3.8) is 0 Å². The first kappa shape index (κ1) is 17.3. The van der Waals surface area contributed by atoms with E-state index in [1.165, 1.54) is 0 Å². The van der Waals surface area contributed by atoms with Crippen LogP contribution in [0.5, 0.6) is 0 Å². The first-order valence-corrected chi connectivity index (χ1v) is 8.12. The summed E-state index contributed by atoms with van der Waals surface area (Å²) in [6, 6.07) is 5.23. The van der Waals surface area contributed by atoms with Gasteiger partial charge in [0.2, 0.25) is 5.91 Å². The number of carbonyl (C=O) groups is 2. The molecular weight excluding hydrogens is 294 g/mol. The van der Waals surface area contributed by atoms with Gasteiger partial charge in [-0.3, -0.25) is 4.79 Å². The van der Waals surface area contributed by atoms with Crippen LogP contribution in [0.3, 0.4) is 0 Å². The summed E-state index contributed by atoms with van der Waals surface area (Å²) >= 11 is 0. The monoisotopic (exact) mass is 319 g/mol. The third kappa shape index (κ3) is 4.69. The molecule has 6 nitrogen and oxygen atoms in total. The van der Waals surface area contributed by atoms with Crippen molar-refractivity contribution in [1.29, 1.82) is 0 Å². The third-order valence-corrected chi connectivity index (χ3v) is 4.13. The molecule has 0 saturated carbocycles. The SMILES string of the molecule is CCCCC(=O)Nc1ccc(N2CCN(C)CC2)cc1C(=O)O. The van der Waals surface area contributed by atoms with Crippen LogP contribution in [0.4, 0.5) is 11.4 Å². The lowest BCUT2D eigenvalue weighted by atomic mass is 10.1. The van der Waals surface area contributed by atoms with E-state index in [0.717, 1.165) is 44.7 Å². The average Bonchev–Trinajstić information content (AvgIpc) is 2.54. The van der Waals surface area contributed by atoms with Gasteiger partial charge in [-0.25, -0.2) is 4.79 Å². The average molecular weight is 319 g/mol. The van der Waals surface area contributed by atoms with Gasteiger partial charge in [0.05, 0.1) is 11.3 Å². The Hall–Kier alpha value is -2.08. The number of aromatic carboxylic acids is 1. The van der Waals surface area contributed by atoms with Gasteiger partial charge in [-0.2, -0.15) is 0 Å². The zero-order valence-corrected chi connectivity index (χ0v) is 13.8. The second-order valence-corrected chi connectivity index (χ2v) is 5.98. The zero-order valence-electron chi connectivity index (χ0n) is 13.8. The molecule has 0 atom stereocenters. The van der Waals surface area contributed by atoms with E-state index in [0.29, 0.717) is 12.1 Å². The molecule has 1 fully saturated rings. The zero-order chi connectivity index (χ0) is 16.8. The smallest absolute Gasteiger partial charge is 0.337 e. The fraction of sp³-hybridized carbons (Fsp3) is 0.529. The van der Waals surface area contributed by atoms with Crippen molar-refractivity contribution in [2.45, 2.75) is 26.2 Å². The van der Waals surface area contributed by atoms with Gasteiger partial charge >= 0.3 is 5.97 Å². The lowest BCUT2D eigenvalue weighted by Gasteiger charge is -2.34. The quantitative estimate of drug-likeness (QED) is 0.841. The molecule has 0 unspecified atom stereocenters. The highest BCUT2D eigenvalue weighted by Gasteiger charge is 2.18. The van der Waals surface area contributed by atoms with Crippen molar-refractivity contribution in [3.05, 3.63) is 23.8 Å². The molecule has 0 aliphatic carbocycles. The lowest BCUT2D eigenvalue weighted by Crippen LogP contribution is -2.44. The van der Waals surface area contributed by atoms with E-state index in [-0.39, 0.29) is 11.5 Å². The number of likely N-dealkylation sites (N-methyl/N-ethyl adjacent to an activating group) is 1. The number of carbonyl (C=O) groups excluding carboxylic acids is 1. The number of carboxylic acid groups (broad SMARTS) is 1. The summed E-state index contributed by atoms with van der Waals surface area (Å²) in [5.74, 6) is -1.16. The van der Waals surface area contributed by atoms with Crippen molar-refractivity contribution in [1.82, 2.24) is 4.90 Å². The molecule has 1 aromatic rings. The van der Waals surface area contributed by atoms with Crippen LogP contribution in [0, 0.1) is 0 Å². The Morgan fingerprint density at radius 3 is 2.52 bits per heavy atom. The number of unbranched alkanes of at least 4 members (excludes halogenated alkanes) is 1. The highest BCUT2D eigenvalue weighted by molar-refractivity contribution is 6.01. The predicted molar refractivity (Wildman–Crippen MR) is 91.3 cm³/mol. The molecule has 126 valence electrons. The molecule has 6 heteroatoms. The molecule has 2 N–H and O–H groups in total. The topological polar surface area (TPSA) is 72.9 Å². The van der Waals surface area contributed by atoms with Crippen molar-refractivity contribution in [3.8, 4) is 0 Å². The summed E-state index contributed by atoms with van der Waals surface area (Å²) < 4.78 is 0. The Balaban J connectivity index is 2.14. The van der Waals surface area contributed by atoms with Crippen LogP contribution in [0.1, 0.15) is 36.5 Å². The van der Waals surface area contributed by atoms with Gasteiger partial charge in [-0.1, -0.05) is 13.3 Å². The molecule has 1 aromatic carbocycles. The normalized spacial score (nSPS) is 15.5. The van der Waals surface area contributed by atoms with Crippen LogP contribution in [0.2, 0.25) is 0 Å². The first-order chi connectivity index (χ1) is 11.0. The van der Waals surface area contributed by atoms with Crippen LogP contribution < -0.4 is 10.2 Å². The van der Waals surface area contributed by atoms with Crippen molar-refractivity contribution >= 4 is 23.3 Å². The number of anilines is 2. The predicted octanol–water partition coefficient (Wildman–Crippen LogP) is 2.27. The third-order valence-electron chi connectivity index (χ3n) is 4.13. The minimum Gasteiger partial charge on any atom is -0.478 e. The number of amides is 1. The van der Waals surface area contributed by atoms with E-state index >= 15 is 0 Å². The standard InChI is InChI=1S/C17H25N3O3/c1-3-4-5-16(21)18-15-7-6-13(12-14(15)17(22)23)20-10-8-19(2)9-11-20/h6-7,12H,3-5,8-11H2,1-2H3,(H,18,21)(H,22,23). The molecule has 0 aromatic heterocycles. The Kier molecular flexibility index (Phi) is 5.98. The van der Waals surface area contributed by atoms with E-state index in [9.17, 15) is 14.7 Å². The first-order valence-electron chi connectivity index (χ1n) is 8.12. The maximum Gasteiger partial charge on any atom is 0.337 e. The van der Waals surface area contributed by atoms with Gasteiger partial charge in [0.1, 0.15) is 0 Å². The molecule has 1 aliphatic rings. The summed E-state index contributed by atoms with van der Waals surface area (Å²) in [4.78, 5) is 27.8. The maximum atomic E-state index is 11.8. The molecule has 1 amide bonds. The summed E-state index contributed by atoms with van der Waals surface area (Å²) in [5.41, 5.74) is 1.41. The molecular formula is C17H25N3O3. The van der Waals surface area contributed by atoms with Gasteiger partial charge in [0.25, 0.3) is 0 Å². The fourth-order valence-electron chi connectivity index (χ4n) is 2.63.